The van der Waals surface area contributed by atoms with Crippen LogP contribution in [0.3, 0.4) is 0 Å². The van der Waals surface area contributed by atoms with Crippen molar-refractivity contribution in [1.29, 1.82) is 0 Å². The molecule has 0 radical (unpaired) electrons. The molecule has 7 nitrogen and oxygen atoms in total. The Hall–Kier alpha value is -2.13. The Morgan fingerprint density at radius 3 is 2.26 bits per heavy atom. The molecule has 2 aromatic rings. The highest BCUT2D eigenvalue weighted by Crippen LogP contribution is 2.21. The van der Waals surface area contributed by atoms with E-state index in [0.717, 1.165) is 31.9 Å². The molecule has 9 heteroatoms. The molecule has 1 aliphatic rings. The summed E-state index contributed by atoms with van der Waals surface area (Å²) in [6.07, 6.45) is 0. The fourth-order valence-electron chi connectivity index (χ4n) is 2.97. The average molecular weight is 409 g/mol. The quantitative estimate of drug-likeness (QED) is 0.785. The van der Waals surface area contributed by atoms with Gasteiger partial charge in [-0.15, -0.1) is 0 Å². The van der Waals surface area contributed by atoms with E-state index in [2.05, 4.69) is 15.1 Å². The zero-order valence-corrected chi connectivity index (χ0v) is 16.2. The highest BCUT2D eigenvalue weighted by atomic mass is 35.5. The lowest BCUT2D eigenvalue weighted by molar-refractivity contribution is -0.117. The van der Waals surface area contributed by atoms with Gasteiger partial charge in [-0.1, -0.05) is 23.7 Å². The molecule has 3 N–H and O–H groups in total. The van der Waals surface area contributed by atoms with Crippen LogP contribution in [0.5, 0.6) is 0 Å². The molecule has 0 unspecified atom stereocenters. The molecule has 2 aromatic carbocycles. The van der Waals surface area contributed by atoms with E-state index >= 15 is 0 Å². The normalized spacial score (nSPS) is 15.6. The lowest BCUT2D eigenvalue weighted by atomic mass is 10.2. The first-order valence-electron chi connectivity index (χ1n) is 8.47. The van der Waals surface area contributed by atoms with Crippen molar-refractivity contribution >= 4 is 38.9 Å². The number of piperazine rings is 1. The van der Waals surface area contributed by atoms with Gasteiger partial charge in [-0.2, -0.15) is 0 Å². The van der Waals surface area contributed by atoms with Gasteiger partial charge in [-0.3, -0.25) is 9.69 Å². The van der Waals surface area contributed by atoms with Crippen molar-refractivity contribution in [3.8, 4) is 0 Å². The van der Waals surface area contributed by atoms with E-state index < -0.39 is 10.0 Å². The summed E-state index contributed by atoms with van der Waals surface area (Å²) in [5.41, 5.74) is 1.54. The molecule has 0 aromatic heterocycles. The van der Waals surface area contributed by atoms with Crippen molar-refractivity contribution in [2.75, 3.05) is 42.9 Å². The summed E-state index contributed by atoms with van der Waals surface area (Å²) in [5, 5.41) is 8.46. The van der Waals surface area contributed by atoms with Crippen LogP contribution in [0.2, 0.25) is 5.02 Å². The number of sulfonamides is 1. The highest BCUT2D eigenvalue weighted by Gasteiger charge is 2.20. The number of hydrogen-bond donors (Lipinski definition) is 2. The molecule has 1 saturated heterocycles. The first-order valence-corrected chi connectivity index (χ1v) is 10.4. The van der Waals surface area contributed by atoms with Gasteiger partial charge in [0.05, 0.1) is 22.2 Å². The number of benzene rings is 2. The third-order valence-corrected chi connectivity index (χ3v) is 5.68. The zero-order chi connectivity index (χ0) is 19.4. The van der Waals surface area contributed by atoms with Crippen LogP contribution in [0.4, 0.5) is 11.4 Å². The van der Waals surface area contributed by atoms with E-state index in [1.165, 1.54) is 12.1 Å². The van der Waals surface area contributed by atoms with Gasteiger partial charge in [0.1, 0.15) is 0 Å². The van der Waals surface area contributed by atoms with Crippen LogP contribution in [0, 0.1) is 0 Å². The molecule has 3 rings (SSSR count). The number of anilines is 2. The van der Waals surface area contributed by atoms with Crippen molar-refractivity contribution < 1.29 is 13.2 Å². The number of para-hydroxylation sites is 1. The van der Waals surface area contributed by atoms with E-state index in [0.29, 0.717) is 17.3 Å². The molecular formula is C18H21ClN4O3S. The van der Waals surface area contributed by atoms with Gasteiger partial charge >= 0.3 is 0 Å². The van der Waals surface area contributed by atoms with E-state index in [1.54, 1.807) is 24.3 Å². The van der Waals surface area contributed by atoms with Gasteiger partial charge in [0, 0.05) is 31.9 Å². The first kappa shape index (κ1) is 19.6. The van der Waals surface area contributed by atoms with Gasteiger partial charge in [-0.05, 0) is 36.4 Å². The van der Waals surface area contributed by atoms with E-state index in [-0.39, 0.29) is 10.8 Å². The van der Waals surface area contributed by atoms with Crippen molar-refractivity contribution in [3.63, 3.8) is 0 Å². The van der Waals surface area contributed by atoms with Crippen molar-refractivity contribution in [1.82, 2.24) is 4.90 Å². The lowest BCUT2D eigenvalue weighted by Gasteiger charge is -2.35. The largest absolute Gasteiger partial charge is 0.369 e. The second kappa shape index (κ2) is 8.26. The third-order valence-electron chi connectivity index (χ3n) is 4.42. The summed E-state index contributed by atoms with van der Waals surface area (Å²) < 4.78 is 22.7. The Labute approximate surface area is 163 Å². The topological polar surface area (TPSA) is 95.7 Å². The summed E-state index contributed by atoms with van der Waals surface area (Å²) in [5.74, 6) is -0.103. The summed E-state index contributed by atoms with van der Waals surface area (Å²) in [7, 11) is -3.68. The van der Waals surface area contributed by atoms with Crippen LogP contribution in [0.15, 0.2) is 53.4 Å². The number of carbonyl (C=O) groups excluding carboxylic acids is 1. The number of nitrogens with one attached hydrogen (secondary N) is 1. The van der Waals surface area contributed by atoms with Gasteiger partial charge in [0.25, 0.3) is 0 Å². The summed E-state index contributed by atoms with van der Waals surface area (Å²) in [4.78, 5) is 16.5. The van der Waals surface area contributed by atoms with Crippen LogP contribution >= 0.6 is 11.6 Å². The molecule has 0 aliphatic carbocycles. The molecule has 1 fully saturated rings. The fraction of sp³-hybridized carbons (Fsp3) is 0.278. The molecule has 0 saturated carbocycles. The number of primary sulfonamides is 1. The van der Waals surface area contributed by atoms with Gasteiger partial charge in [0.2, 0.25) is 15.9 Å². The second-order valence-electron chi connectivity index (χ2n) is 6.33. The standard InChI is InChI=1S/C18H21ClN4O3S/c19-16-3-1-2-4-17(16)21-18(24)13-22-9-11-23(12-10-22)14-5-7-15(8-6-14)27(20,25)26/h1-8H,9-13H2,(H,21,24)(H2,20,25,26). The molecule has 0 spiro atoms. The second-order valence-corrected chi connectivity index (χ2v) is 8.30. The molecule has 1 amide bonds. The Bertz CT molecular complexity index is 910. The Kier molecular flexibility index (Phi) is 6.01. The number of amides is 1. The van der Waals surface area contributed by atoms with Crippen molar-refractivity contribution in [3.05, 3.63) is 53.6 Å². The minimum Gasteiger partial charge on any atom is -0.369 e. The Balaban J connectivity index is 1.51. The van der Waals surface area contributed by atoms with E-state index in [9.17, 15) is 13.2 Å². The highest BCUT2D eigenvalue weighted by molar-refractivity contribution is 7.89. The Morgan fingerprint density at radius 1 is 1.04 bits per heavy atom. The minimum absolute atomic E-state index is 0.0983. The van der Waals surface area contributed by atoms with Crippen LogP contribution in [0.1, 0.15) is 0 Å². The molecule has 144 valence electrons. The predicted octanol–water partition coefficient (Wildman–Crippen LogP) is 1.75. The van der Waals surface area contributed by atoms with Crippen LogP contribution in [-0.4, -0.2) is 51.9 Å². The van der Waals surface area contributed by atoms with Crippen LogP contribution < -0.4 is 15.4 Å². The maximum atomic E-state index is 12.2. The third kappa shape index (κ3) is 5.20. The first-order chi connectivity index (χ1) is 12.8. The van der Waals surface area contributed by atoms with Crippen molar-refractivity contribution in [2.24, 2.45) is 5.14 Å². The number of hydrogen-bond acceptors (Lipinski definition) is 5. The zero-order valence-electron chi connectivity index (χ0n) is 14.6. The Morgan fingerprint density at radius 2 is 1.67 bits per heavy atom. The molecule has 0 atom stereocenters. The molecule has 1 aliphatic heterocycles. The number of nitrogens with zero attached hydrogens (tertiary/aromatic N) is 2. The predicted molar refractivity (Wildman–Crippen MR) is 107 cm³/mol. The molecule has 0 bridgehead atoms. The summed E-state index contributed by atoms with van der Waals surface area (Å²) in [6, 6.07) is 13.6. The number of rotatable bonds is 5. The van der Waals surface area contributed by atoms with E-state index in [4.69, 9.17) is 16.7 Å². The fourth-order valence-corrected chi connectivity index (χ4v) is 3.66. The summed E-state index contributed by atoms with van der Waals surface area (Å²) in [6.45, 7) is 3.24. The van der Waals surface area contributed by atoms with E-state index in [1.807, 2.05) is 12.1 Å². The van der Waals surface area contributed by atoms with Crippen LogP contribution in [-0.2, 0) is 14.8 Å². The number of carbonyl (C=O) groups is 1. The maximum Gasteiger partial charge on any atom is 0.238 e. The van der Waals surface area contributed by atoms with Gasteiger partial charge < -0.3 is 10.2 Å². The SMILES string of the molecule is NS(=O)(=O)c1ccc(N2CCN(CC(=O)Nc3ccccc3Cl)CC2)cc1. The van der Waals surface area contributed by atoms with Crippen molar-refractivity contribution in [2.45, 2.75) is 4.90 Å². The molecule has 1 heterocycles. The van der Waals surface area contributed by atoms with Crippen LogP contribution in [0.25, 0.3) is 0 Å². The van der Waals surface area contributed by atoms with Gasteiger partial charge in [0.15, 0.2) is 0 Å². The molecule has 27 heavy (non-hydrogen) atoms. The number of nitrogens with two attached hydrogens (primary N) is 1. The monoisotopic (exact) mass is 408 g/mol. The summed E-state index contributed by atoms with van der Waals surface area (Å²) >= 11 is 6.06. The smallest absolute Gasteiger partial charge is 0.238 e. The minimum atomic E-state index is -3.68. The number of halogens is 1. The van der Waals surface area contributed by atoms with Gasteiger partial charge in [-0.25, -0.2) is 13.6 Å². The molecular weight excluding hydrogens is 388 g/mol. The average Bonchev–Trinajstić information content (AvgIpc) is 2.64. The lowest BCUT2D eigenvalue weighted by Crippen LogP contribution is -2.48. The maximum absolute atomic E-state index is 12.2.